The highest BCUT2D eigenvalue weighted by atomic mass is 32.2. The zero-order chi connectivity index (χ0) is 16.2. The second-order valence-corrected chi connectivity index (χ2v) is 6.36. The van der Waals surface area contributed by atoms with Gasteiger partial charge in [-0.3, -0.25) is 9.59 Å². The third-order valence-electron chi connectivity index (χ3n) is 3.10. The standard InChI is InChI=1S/C11H20N2O7S/c1-3-20-11(17)8-5-4-6-13(8)21(18,19)12-9(7(2)14)10(15)16/h7-9,12,14H,3-6H2,1-2H3,(H,15,16). The van der Waals surface area contributed by atoms with E-state index < -0.39 is 40.3 Å². The molecule has 1 aliphatic rings. The molecule has 0 radical (unpaired) electrons. The molecular weight excluding hydrogens is 304 g/mol. The smallest absolute Gasteiger partial charge is 0.324 e. The van der Waals surface area contributed by atoms with Gasteiger partial charge in [0, 0.05) is 6.54 Å². The summed E-state index contributed by atoms with van der Waals surface area (Å²) in [6.07, 6.45) is -0.635. The van der Waals surface area contributed by atoms with E-state index in [2.05, 4.69) is 0 Å². The van der Waals surface area contributed by atoms with Crippen LogP contribution in [0.2, 0.25) is 0 Å². The quantitative estimate of drug-likeness (QED) is 0.495. The van der Waals surface area contributed by atoms with E-state index in [1.807, 2.05) is 4.72 Å². The first kappa shape index (κ1) is 17.8. The molecule has 21 heavy (non-hydrogen) atoms. The molecule has 0 spiro atoms. The molecule has 0 aromatic carbocycles. The molecule has 1 fully saturated rings. The van der Waals surface area contributed by atoms with E-state index in [1.54, 1.807) is 6.92 Å². The van der Waals surface area contributed by atoms with Crippen LogP contribution in [0.1, 0.15) is 26.7 Å². The Hall–Kier alpha value is -1.23. The molecule has 0 amide bonds. The molecule has 10 heteroatoms. The van der Waals surface area contributed by atoms with Crippen LogP contribution >= 0.6 is 0 Å². The van der Waals surface area contributed by atoms with E-state index in [9.17, 15) is 23.1 Å². The van der Waals surface area contributed by atoms with Crippen LogP contribution in [0.5, 0.6) is 0 Å². The van der Waals surface area contributed by atoms with Crippen LogP contribution in [0.15, 0.2) is 0 Å². The van der Waals surface area contributed by atoms with Gasteiger partial charge in [0.2, 0.25) is 0 Å². The van der Waals surface area contributed by atoms with Gasteiger partial charge in [-0.1, -0.05) is 0 Å². The number of nitrogens with one attached hydrogen (secondary N) is 1. The number of aliphatic hydroxyl groups excluding tert-OH is 1. The maximum Gasteiger partial charge on any atom is 0.324 e. The molecule has 1 heterocycles. The number of carboxylic acids is 1. The Bertz CT molecular complexity index is 491. The van der Waals surface area contributed by atoms with E-state index in [1.165, 1.54) is 0 Å². The van der Waals surface area contributed by atoms with Gasteiger partial charge >= 0.3 is 11.9 Å². The van der Waals surface area contributed by atoms with E-state index in [-0.39, 0.29) is 13.2 Å². The van der Waals surface area contributed by atoms with Gasteiger partial charge in [-0.2, -0.15) is 17.4 Å². The van der Waals surface area contributed by atoms with Crippen molar-refractivity contribution in [1.82, 2.24) is 9.03 Å². The van der Waals surface area contributed by atoms with E-state index in [4.69, 9.17) is 9.84 Å². The number of nitrogens with zero attached hydrogens (tertiary/aromatic N) is 1. The van der Waals surface area contributed by atoms with Gasteiger partial charge in [-0.05, 0) is 26.7 Å². The number of carbonyl (C=O) groups excluding carboxylic acids is 1. The van der Waals surface area contributed by atoms with Crippen molar-refractivity contribution in [2.45, 2.75) is 44.9 Å². The van der Waals surface area contributed by atoms with Gasteiger partial charge < -0.3 is 14.9 Å². The number of aliphatic carboxylic acids is 1. The first-order valence-electron chi connectivity index (χ1n) is 6.57. The lowest BCUT2D eigenvalue weighted by Crippen LogP contribution is -2.54. The molecule has 1 aliphatic heterocycles. The Morgan fingerprint density at radius 3 is 2.57 bits per heavy atom. The summed E-state index contributed by atoms with van der Waals surface area (Å²) in [5.41, 5.74) is 0. The number of esters is 1. The molecule has 3 N–H and O–H groups in total. The molecule has 0 aromatic rings. The van der Waals surface area contributed by atoms with Crippen molar-refractivity contribution in [2.75, 3.05) is 13.2 Å². The fraction of sp³-hybridized carbons (Fsp3) is 0.818. The van der Waals surface area contributed by atoms with Crippen LogP contribution in [0, 0.1) is 0 Å². The summed E-state index contributed by atoms with van der Waals surface area (Å²) < 4.78 is 32.0. The topological polar surface area (TPSA) is 133 Å². The number of carbonyl (C=O) groups is 2. The SMILES string of the molecule is CCOC(=O)C1CCCN1S(=O)(=O)NC(C(=O)O)C(C)O. The van der Waals surface area contributed by atoms with Gasteiger partial charge in [0.15, 0.2) is 0 Å². The zero-order valence-corrected chi connectivity index (χ0v) is 12.7. The number of rotatable bonds is 7. The Morgan fingerprint density at radius 1 is 1.48 bits per heavy atom. The summed E-state index contributed by atoms with van der Waals surface area (Å²) in [5.74, 6) is -2.16. The Labute approximate surface area is 123 Å². The highest BCUT2D eigenvalue weighted by Gasteiger charge is 2.41. The summed E-state index contributed by atoms with van der Waals surface area (Å²) in [5, 5.41) is 18.2. The van der Waals surface area contributed by atoms with Crippen molar-refractivity contribution in [3.8, 4) is 0 Å². The van der Waals surface area contributed by atoms with Crippen LogP contribution in [-0.2, 0) is 24.5 Å². The summed E-state index contributed by atoms with van der Waals surface area (Å²) in [6, 6.07) is -2.65. The zero-order valence-electron chi connectivity index (χ0n) is 11.9. The average molecular weight is 324 g/mol. The van der Waals surface area contributed by atoms with Crippen molar-refractivity contribution in [3.05, 3.63) is 0 Å². The second kappa shape index (κ2) is 7.16. The number of hydrogen-bond donors (Lipinski definition) is 3. The first-order chi connectivity index (χ1) is 9.70. The largest absolute Gasteiger partial charge is 0.480 e. The normalized spacial score (nSPS) is 22.7. The number of ether oxygens (including phenoxy) is 1. The second-order valence-electron chi connectivity index (χ2n) is 4.70. The van der Waals surface area contributed by atoms with Crippen molar-refractivity contribution in [3.63, 3.8) is 0 Å². The minimum Gasteiger partial charge on any atom is -0.480 e. The van der Waals surface area contributed by atoms with Gasteiger partial charge in [0.25, 0.3) is 10.2 Å². The van der Waals surface area contributed by atoms with Gasteiger partial charge in [0.1, 0.15) is 12.1 Å². The fourth-order valence-electron chi connectivity index (χ4n) is 2.09. The Morgan fingerprint density at radius 2 is 2.10 bits per heavy atom. The van der Waals surface area contributed by atoms with Gasteiger partial charge in [-0.15, -0.1) is 0 Å². The Balaban J connectivity index is 2.90. The summed E-state index contributed by atoms with van der Waals surface area (Å²) in [6.45, 7) is 2.99. The monoisotopic (exact) mass is 324 g/mol. The lowest BCUT2D eigenvalue weighted by Gasteiger charge is -2.25. The molecule has 0 bridgehead atoms. The number of aliphatic hydroxyl groups is 1. The van der Waals surface area contributed by atoms with Crippen LogP contribution in [0.3, 0.4) is 0 Å². The lowest BCUT2D eigenvalue weighted by molar-refractivity contribution is -0.146. The molecule has 3 atom stereocenters. The van der Waals surface area contributed by atoms with Gasteiger partial charge in [-0.25, -0.2) is 0 Å². The van der Waals surface area contributed by atoms with E-state index in [0.717, 1.165) is 11.2 Å². The molecule has 0 saturated carbocycles. The molecule has 1 saturated heterocycles. The molecule has 9 nitrogen and oxygen atoms in total. The molecule has 0 aromatic heterocycles. The lowest BCUT2D eigenvalue weighted by atomic mass is 10.2. The van der Waals surface area contributed by atoms with Gasteiger partial charge in [0.05, 0.1) is 12.7 Å². The van der Waals surface area contributed by atoms with Crippen molar-refractivity contribution in [2.24, 2.45) is 0 Å². The first-order valence-corrected chi connectivity index (χ1v) is 8.01. The highest BCUT2D eigenvalue weighted by Crippen LogP contribution is 2.21. The maximum atomic E-state index is 12.2. The number of carboxylic acid groups (broad SMARTS) is 1. The minimum atomic E-state index is -4.22. The van der Waals surface area contributed by atoms with E-state index >= 15 is 0 Å². The molecule has 3 unspecified atom stereocenters. The van der Waals surface area contributed by atoms with Crippen LogP contribution < -0.4 is 4.72 Å². The molecule has 1 rings (SSSR count). The maximum absolute atomic E-state index is 12.2. The summed E-state index contributed by atoms with van der Waals surface area (Å²) in [7, 11) is -4.22. The summed E-state index contributed by atoms with van der Waals surface area (Å²) in [4.78, 5) is 22.7. The molecule has 0 aliphatic carbocycles. The number of hydrogen-bond acceptors (Lipinski definition) is 6. The van der Waals surface area contributed by atoms with Crippen LogP contribution in [-0.4, -0.2) is 66.2 Å². The Kier molecular flexibility index (Phi) is 6.08. The minimum absolute atomic E-state index is 0.0883. The van der Waals surface area contributed by atoms with Crippen molar-refractivity contribution in [1.29, 1.82) is 0 Å². The predicted molar refractivity (Wildman–Crippen MR) is 71.5 cm³/mol. The highest BCUT2D eigenvalue weighted by molar-refractivity contribution is 7.87. The summed E-state index contributed by atoms with van der Waals surface area (Å²) >= 11 is 0. The van der Waals surface area contributed by atoms with Crippen molar-refractivity contribution < 1.29 is 33.0 Å². The predicted octanol–water partition coefficient (Wildman–Crippen LogP) is -1.32. The average Bonchev–Trinajstić information content (AvgIpc) is 2.85. The third kappa shape index (κ3) is 4.37. The molecule has 122 valence electrons. The van der Waals surface area contributed by atoms with Crippen LogP contribution in [0.4, 0.5) is 0 Å². The van der Waals surface area contributed by atoms with E-state index in [0.29, 0.717) is 12.8 Å². The fourth-order valence-corrected chi connectivity index (χ4v) is 3.74. The van der Waals surface area contributed by atoms with Crippen LogP contribution in [0.25, 0.3) is 0 Å². The molecular formula is C11H20N2O7S. The third-order valence-corrected chi connectivity index (χ3v) is 4.70. The van der Waals surface area contributed by atoms with Crippen molar-refractivity contribution >= 4 is 22.1 Å².